The van der Waals surface area contributed by atoms with Crippen LogP contribution in [-0.4, -0.2) is 47.9 Å². The molecule has 3 aliphatic carbocycles. The molecule has 0 aromatic heterocycles. The summed E-state index contributed by atoms with van der Waals surface area (Å²) in [6, 6.07) is 0. The van der Waals surface area contributed by atoms with Gasteiger partial charge in [0.25, 0.3) is 0 Å². The quantitative estimate of drug-likeness (QED) is 0.511. The Morgan fingerprint density at radius 2 is 1.94 bits per heavy atom. The average molecular weight is 496 g/mol. The molecule has 0 aromatic rings. The first-order valence-corrected chi connectivity index (χ1v) is 13.9. The number of nitrogens with zero attached hydrogens (tertiary/aromatic N) is 1. The van der Waals surface area contributed by atoms with E-state index in [1.54, 1.807) is 6.08 Å². The number of esters is 1. The first-order valence-electron chi connectivity index (χ1n) is 13.9. The number of rotatable bonds is 2. The van der Waals surface area contributed by atoms with Gasteiger partial charge >= 0.3 is 5.97 Å². The second-order valence-electron chi connectivity index (χ2n) is 13.7. The minimum atomic E-state index is -0.622. The van der Waals surface area contributed by atoms with E-state index in [1.165, 1.54) is 12.8 Å². The highest BCUT2D eigenvalue weighted by atomic mass is 16.5. The number of piperidine rings is 1. The molecule has 0 radical (unpaired) electrons. The standard InChI is InChI=1S/C30H41NO5/c1-17-10-21-20(22(32)11-17)12-23(33)26-27(21,3)14-24-28(4,29(26,5)15-25(34)35-6)7-8-30-13-18(2)9-19(36-30)16-31(24)30/h11,14,18-21,26H,7-10,12-13,15-16H2,1-6H3/t18-,19-,20-,21+,26-,27-,28+,29-,30-/m0/s1. The molecule has 0 N–H and O–H groups in total. The van der Waals surface area contributed by atoms with Crippen LogP contribution in [0.15, 0.2) is 23.4 Å². The molecule has 6 nitrogen and oxygen atoms in total. The normalized spacial score (nSPS) is 49.3. The van der Waals surface area contributed by atoms with Gasteiger partial charge in [-0.05, 0) is 62.4 Å². The third kappa shape index (κ3) is 2.97. The molecule has 36 heavy (non-hydrogen) atoms. The maximum absolute atomic E-state index is 14.1. The molecule has 3 heterocycles. The molecule has 4 fully saturated rings. The predicted molar refractivity (Wildman–Crippen MR) is 134 cm³/mol. The van der Waals surface area contributed by atoms with E-state index in [2.05, 4.69) is 38.7 Å². The van der Waals surface area contributed by atoms with Crippen molar-refractivity contribution in [3.63, 3.8) is 0 Å². The Balaban J connectivity index is 1.57. The zero-order valence-electron chi connectivity index (χ0n) is 22.7. The van der Waals surface area contributed by atoms with E-state index < -0.39 is 10.8 Å². The Hall–Kier alpha value is -1.95. The fourth-order valence-corrected chi connectivity index (χ4v) is 9.84. The third-order valence-corrected chi connectivity index (χ3v) is 11.5. The highest BCUT2D eigenvalue weighted by molar-refractivity contribution is 5.99. The van der Waals surface area contributed by atoms with Crippen molar-refractivity contribution in [3.8, 4) is 0 Å². The minimum Gasteiger partial charge on any atom is -0.469 e. The van der Waals surface area contributed by atoms with Gasteiger partial charge in [-0.1, -0.05) is 39.3 Å². The van der Waals surface area contributed by atoms with Crippen molar-refractivity contribution in [2.24, 2.45) is 39.9 Å². The van der Waals surface area contributed by atoms with Gasteiger partial charge in [0.05, 0.1) is 19.6 Å². The summed E-state index contributed by atoms with van der Waals surface area (Å²) < 4.78 is 11.9. The SMILES string of the molecule is COC(=O)C[C@@]1(C)[C@H]2C(=O)C[C@@H]3C(=O)C=C(C)C[C@H]3[C@]2(C)C=C2N3C[C@@H]4C[C@H](C)C[C@]3(CC[C@]21C)O4. The van der Waals surface area contributed by atoms with Crippen LogP contribution in [0, 0.1) is 39.9 Å². The Morgan fingerprint density at radius 3 is 2.67 bits per heavy atom. The van der Waals surface area contributed by atoms with Crippen molar-refractivity contribution in [2.75, 3.05) is 13.7 Å². The number of ether oxygens (including phenoxy) is 2. The van der Waals surface area contributed by atoms with Gasteiger partial charge in [-0.25, -0.2) is 0 Å². The summed E-state index contributed by atoms with van der Waals surface area (Å²) in [6.45, 7) is 11.9. The van der Waals surface area contributed by atoms with Crippen LogP contribution in [0.5, 0.6) is 0 Å². The number of fused-ring (bicyclic) bond motifs is 6. The third-order valence-electron chi connectivity index (χ3n) is 11.5. The topological polar surface area (TPSA) is 72.9 Å². The number of carbonyl (C=O) groups excluding carboxylic acids is 3. The van der Waals surface area contributed by atoms with Gasteiger partial charge < -0.3 is 14.4 Å². The molecule has 0 aromatic carbocycles. The van der Waals surface area contributed by atoms with E-state index in [4.69, 9.17) is 9.47 Å². The van der Waals surface area contributed by atoms with Gasteiger partial charge in [0.2, 0.25) is 0 Å². The number of methoxy groups -OCH3 is 1. The number of Topliss-reactive ketones (excluding diaryl/α,β-unsaturated/α-hetero) is 1. The van der Waals surface area contributed by atoms with E-state index >= 15 is 0 Å². The fraction of sp³-hybridized carbons (Fsp3) is 0.767. The summed E-state index contributed by atoms with van der Waals surface area (Å²) in [7, 11) is 1.44. The molecule has 6 aliphatic rings. The molecule has 0 unspecified atom stereocenters. The monoisotopic (exact) mass is 495 g/mol. The molecule has 196 valence electrons. The first-order chi connectivity index (χ1) is 16.9. The maximum atomic E-state index is 14.1. The van der Waals surface area contributed by atoms with E-state index in [1.807, 2.05) is 6.92 Å². The molecule has 0 amide bonds. The van der Waals surface area contributed by atoms with Gasteiger partial charge in [0.1, 0.15) is 11.5 Å². The van der Waals surface area contributed by atoms with Crippen LogP contribution in [-0.2, 0) is 23.9 Å². The van der Waals surface area contributed by atoms with Gasteiger partial charge in [0.15, 0.2) is 5.78 Å². The second-order valence-corrected chi connectivity index (χ2v) is 13.7. The Labute approximate surface area is 214 Å². The Kier molecular flexibility index (Phi) is 5.12. The zero-order chi connectivity index (χ0) is 25.8. The van der Waals surface area contributed by atoms with Crippen LogP contribution >= 0.6 is 0 Å². The van der Waals surface area contributed by atoms with Crippen molar-refractivity contribution in [1.29, 1.82) is 0 Å². The Bertz CT molecular complexity index is 1110. The summed E-state index contributed by atoms with van der Waals surface area (Å²) in [5.74, 6) is -0.00613. The van der Waals surface area contributed by atoms with Gasteiger partial charge in [0, 0.05) is 41.3 Å². The summed E-state index contributed by atoms with van der Waals surface area (Å²) in [6.07, 6.45) is 9.51. The van der Waals surface area contributed by atoms with Crippen molar-refractivity contribution in [1.82, 2.24) is 4.90 Å². The molecule has 6 heteroatoms. The molecule has 3 aliphatic heterocycles. The van der Waals surface area contributed by atoms with Crippen molar-refractivity contribution in [3.05, 3.63) is 23.4 Å². The number of carbonyl (C=O) groups is 3. The summed E-state index contributed by atoms with van der Waals surface area (Å²) >= 11 is 0. The summed E-state index contributed by atoms with van der Waals surface area (Å²) in [4.78, 5) is 42.7. The van der Waals surface area contributed by atoms with Gasteiger partial charge in [-0.3, -0.25) is 14.4 Å². The lowest BCUT2D eigenvalue weighted by atomic mass is 9.38. The summed E-state index contributed by atoms with van der Waals surface area (Å²) in [5, 5.41) is 0. The predicted octanol–water partition coefficient (Wildman–Crippen LogP) is 4.83. The van der Waals surface area contributed by atoms with Crippen LogP contribution in [0.1, 0.15) is 79.6 Å². The first kappa shape index (κ1) is 24.4. The lowest BCUT2D eigenvalue weighted by Gasteiger charge is -2.67. The van der Waals surface area contributed by atoms with Crippen molar-refractivity contribution >= 4 is 17.5 Å². The van der Waals surface area contributed by atoms with Crippen LogP contribution < -0.4 is 0 Å². The molecular weight excluding hydrogens is 454 g/mol. The lowest BCUT2D eigenvalue weighted by molar-refractivity contribution is -0.198. The van der Waals surface area contributed by atoms with Gasteiger partial charge in [-0.2, -0.15) is 0 Å². The second kappa shape index (κ2) is 7.55. The fourth-order valence-electron chi connectivity index (χ4n) is 9.84. The maximum Gasteiger partial charge on any atom is 0.306 e. The highest BCUT2D eigenvalue weighted by Crippen LogP contribution is 2.71. The number of ketones is 2. The van der Waals surface area contributed by atoms with Crippen molar-refractivity contribution in [2.45, 2.75) is 91.4 Å². The smallest absolute Gasteiger partial charge is 0.306 e. The molecule has 9 atom stereocenters. The molecule has 2 bridgehead atoms. The molecular formula is C30H41NO5. The molecule has 6 rings (SSSR count). The van der Waals surface area contributed by atoms with E-state index in [0.29, 0.717) is 5.92 Å². The van der Waals surface area contributed by atoms with Crippen molar-refractivity contribution < 1.29 is 23.9 Å². The summed E-state index contributed by atoms with van der Waals surface area (Å²) in [5.41, 5.74) is 0.522. The van der Waals surface area contributed by atoms with E-state index in [9.17, 15) is 14.4 Å². The molecule has 3 saturated heterocycles. The Morgan fingerprint density at radius 1 is 1.19 bits per heavy atom. The van der Waals surface area contributed by atoms with E-state index in [0.717, 1.165) is 44.2 Å². The molecule has 1 spiro atoms. The number of allylic oxidation sites excluding steroid dienone is 4. The number of hydrogen-bond acceptors (Lipinski definition) is 6. The minimum absolute atomic E-state index is 0.0476. The van der Waals surface area contributed by atoms with E-state index in [-0.39, 0.29) is 65.4 Å². The van der Waals surface area contributed by atoms with Crippen LogP contribution in [0.2, 0.25) is 0 Å². The van der Waals surface area contributed by atoms with Crippen LogP contribution in [0.4, 0.5) is 0 Å². The largest absolute Gasteiger partial charge is 0.469 e. The zero-order valence-corrected chi connectivity index (χ0v) is 22.7. The number of hydrogen-bond donors (Lipinski definition) is 0. The average Bonchev–Trinajstić information content (AvgIpc) is 3.06. The van der Waals surface area contributed by atoms with Gasteiger partial charge in [-0.15, -0.1) is 0 Å². The van der Waals surface area contributed by atoms with Crippen LogP contribution in [0.3, 0.4) is 0 Å². The lowest BCUT2D eigenvalue weighted by Crippen LogP contribution is -2.67. The highest BCUT2D eigenvalue weighted by Gasteiger charge is 2.71. The molecule has 1 saturated carbocycles. The van der Waals surface area contributed by atoms with Crippen LogP contribution in [0.25, 0.3) is 0 Å².